The fourth-order valence-electron chi connectivity index (χ4n) is 2.40. The lowest BCUT2D eigenvalue weighted by molar-refractivity contribution is -0.117. The Kier molecular flexibility index (Phi) is 16.1. The van der Waals surface area contributed by atoms with Crippen LogP contribution in [0, 0.1) is 0 Å². The van der Waals surface area contributed by atoms with Gasteiger partial charge in [-0.3, -0.25) is 4.79 Å². The summed E-state index contributed by atoms with van der Waals surface area (Å²) in [4.78, 5) is 14.5. The van der Waals surface area contributed by atoms with E-state index in [2.05, 4.69) is 29.3 Å². The van der Waals surface area contributed by atoms with Crippen molar-refractivity contribution in [1.29, 1.82) is 0 Å². The summed E-state index contributed by atoms with van der Waals surface area (Å²) in [6.07, 6.45) is 17.7. The molecule has 0 aliphatic rings. The SMILES string of the molecule is CCCCCCCCCCCCCCCC(=O)N=C=S. The normalized spacial score (nSPS) is 10.2. The molecule has 0 saturated carbocycles. The summed E-state index contributed by atoms with van der Waals surface area (Å²) in [5.41, 5.74) is 0. The van der Waals surface area contributed by atoms with Crippen molar-refractivity contribution in [2.24, 2.45) is 4.99 Å². The molecule has 116 valence electrons. The lowest BCUT2D eigenvalue weighted by Gasteiger charge is -2.02. The van der Waals surface area contributed by atoms with Crippen LogP contribution in [0.1, 0.15) is 96.8 Å². The standard InChI is InChI=1S/C17H31NOS/c1-2-3-4-5-6-7-8-9-10-11-12-13-14-15-17(19)18-16-20/h2-15H2,1H3. The van der Waals surface area contributed by atoms with Gasteiger partial charge in [-0.2, -0.15) is 4.99 Å². The Balaban J connectivity index is 3.06. The highest BCUT2D eigenvalue weighted by Crippen LogP contribution is 2.12. The number of thiocarbonyl (C=S) groups is 1. The first-order chi connectivity index (χ1) is 9.81. The van der Waals surface area contributed by atoms with Crippen LogP contribution in [0.15, 0.2) is 4.99 Å². The fourth-order valence-corrected chi connectivity index (χ4v) is 2.50. The number of amides is 1. The fraction of sp³-hybridized carbons (Fsp3) is 0.882. The topological polar surface area (TPSA) is 29.4 Å². The third-order valence-corrected chi connectivity index (χ3v) is 3.76. The monoisotopic (exact) mass is 297 g/mol. The Hall–Kier alpha value is -0.530. The first-order valence-corrected chi connectivity index (χ1v) is 8.82. The Bertz CT molecular complexity index is 272. The van der Waals surface area contributed by atoms with Crippen LogP contribution >= 0.6 is 12.2 Å². The number of hydrogen-bond donors (Lipinski definition) is 0. The van der Waals surface area contributed by atoms with Crippen LogP contribution in [-0.4, -0.2) is 11.1 Å². The summed E-state index contributed by atoms with van der Waals surface area (Å²) in [6, 6.07) is 0. The Morgan fingerprint density at radius 3 is 1.60 bits per heavy atom. The van der Waals surface area contributed by atoms with Crippen molar-refractivity contribution in [2.75, 3.05) is 0 Å². The maximum absolute atomic E-state index is 11.0. The van der Waals surface area contributed by atoms with Gasteiger partial charge in [-0.1, -0.05) is 84.0 Å². The van der Waals surface area contributed by atoms with Gasteiger partial charge in [-0.05, 0) is 18.6 Å². The second-order valence-electron chi connectivity index (χ2n) is 5.59. The minimum Gasteiger partial charge on any atom is -0.272 e. The van der Waals surface area contributed by atoms with E-state index in [9.17, 15) is 4.79 Å². The highest BCUT2D eigenvalue weighted by molar-refractivity contribution is 7.78. The van der Waals surface area contributed by atoms with Crippen LogP contribution in [0.5, 0.6) is 0 Å². The van der Waals surface area contributed by atoms with Crippen molar-refractivity contribution in [3.63, 3.8) is 0 Å². The molecule has 2 nitrogen and oxygen atoms in total. The molecule has 0 heterocycles. The lowest BCUT2D eigenvalue weighted by atomic mass is 10.0. The first kappa shape index (κ1) is 19.5. The molecule has 0 atom stereocenters. The highest BCUT2D eigenvalue weighted by Gasteiger charge is 1.98. The van der Waals surface area contributed by atoms with Crippen LogP contribution in [0.4, 0.5) is 0 Å². The van der Waals surface area contributed by atoms with Gasteiger partial charge in [0.1, 0.15) is 0 Å². The number of hydrogen-bond acceptors (Lipinski definition) is 2. The molecule has 0 radical (unpaired) electrons. The largest absolute Gasteiger partial charge is 0.272 e. The number of rotatable bonds is 14. The van der Waals surface area contributed by atoms with Gasteiger partial charge in [-0.25, -0.2) is 0 Å². The molecule has 0 aromatic carbocycles. The van der Waals surface area contributed by atoms with Gasteiger partial charge in [0.2, 0.25) is 0 Å². The predicted octanol–water partition coefficient (Wildman–Crippen LogP) is 6.10. The average molecular weight is 298 g/mol. The zero-order valence-electron chi connectivity index (χ0n) is 13.2. The summed E-state index contributed by atoms with van der Waals surface area (Å²) in [5.74, 6) is -0.122. The predicted molar refractivity (Wildman–Crippen MR) is 90.3 cm³/mol. The smallest absolute Gasteiger partial charge is 0.254 e. The van der Waals surface area contributed by atoms with Crippen molar-refractivity contribution in [2.45, 2.75) is 96.8 Å². The number of unbranched alkanes of at least 4 members (excludes halogenated alkanes) is 12. The van der Waals surface area contributed by atoms with Gasteiger partial charge >= 0.3 is 0 Å². The number of isothiocyanates is 1. The molecular weight excluding hydrogens is 266 g/mol. The van der Waals surface area contributed by atoms with E-state index >= 15 is 0 Å². The maximum Gasteiger partial charge on any atom is 0.254 e. The second-order valence-corrected chi connectivity index (χ2v) is 5.77. The van der Waals surface area contributed by atoms with Crippen molar-refractivity contribution < 1.29 is 4.79 Å². The maximum atomic E-state index is 11.0. The highest BCUT2D eigenvalue weighted by atomic mass is 32.1. The van der Waals surface area contributed by atoms with E-state index in [0.29, 0.717) is 6.42 Å². The number of aliphatic imine (C=N–C) groups is 1. The Morgan fingerprint density at radius 2 is 1.20 bits per heavy atom. The molecule has 0 bridgehead atoms. The summed E-state index contributed by atoms with van der Waals surface area (Å²) in [5, 5.41) is 2.12. The van der Waals surface area contributed by atoms with Gasteiger partial charge < -0.3 is 0 Å². The van der Waals surface area contributed by atoms with Gasteiger partial charge in [0.05, 0.1) is 5.16 Å². The van der Waals surface area contributed by atoms with Crippen molar-refractivity contribution >= 4 is 23.3 Å². The molecular formula is C17H31NOS. The van der Waals surface area contributed by atoms with Crippen LogP contribution in [0.2, 0.25) is 0 Å². The summed E-state index contributed by atoms with van der Waals surface area (Å²) in [6.45, 7) is 2.26. The van der Waals surface area contributed by atoms with E-state index in [4.69, 9.17) is 0 Å². The minimum atomic E-state index is -0.122. The zero-order chi connectivity index (χ0) is 14.9. The molecule has 0 aliphatic heterocycles. The third-order valence-electron chi connectivity index (χ3n) is 3.66. The summed E-state index contributed by atoms with van der Waals surface area (Å²) >= 11 is 4.39. The molecule has 1 amide bonds. The van der Waals surface area contributed by atoms with E-state index in [1.807, 2.05) is 0 Å². The zero-order valence-corrected chi connectivity index (χ0v) is 14.0. The van der Waals surface area contributed by atoms with Crippen molar-refractivity contribution in [1.82, 2.24) is 0 Å². The second kappa shape index (κ2) is 16.5. The van der Waals surface area contributed by atoms with E-state index in [1.165, 1.54) is 70.6 Å². The molecule has 0 aromatic rings. The van der Waals surface area contributed by atoms with E-state index in [1.54, 1.807) is 0 Å². The minimum absolute atomic E-state index is 0.122. The molecule has 0 aliphatic carbocycles. The van der Waals surface area contributed by atoms with Crippen LogP contribution in [-0.2, 0) is 4.79 Å². The quantitative estimate of drug-likeness (QED) is 0.220. The Morgan fingerprint density at radius 1 is 0.800 bits per heavy atom. The number of carbonyl (C=O) groups excluding carboxylic acids is 1. The van der Waals surface area contributed by atoms with Gasteiger partial charge in [0.15, 0.2) is 0 Å². The molecule has 3 heteroatoms. The van der Waals surface area contributed by atoms with Crippen LogP contribution in [0.25, 0.3) is 0 Å². The Labute approximate surface area is 130 Å². The molecule has 0 saturated heterocycles. The van der Waals surface area contributed by atoms with E-state index < -0.39 is 0 Å². The number of carbonyl (C=O) groups is 1. The van der Waals surface area contributed by atoms with E-state index in [-0.39, 0.29) is 5.91 Å². The average Bonchev–Trinajstić information content (AvgIpc) is 2.44. The van der Waals surface area contributed by atoms with Gasteiger partial charge in [-0.15, -0.1) is 0 Å². The molecule has 0 aromatic heterocycles. The van der Waals surface area contributed by atoms with E-state index in [0.717, 1.165) is 12.8 Å². The van der Waals surface area contributed by atoms with Crippen LogP contribution in [0.3, 0.4) is 0 Å². The number of nitrogens with zero attached hydrogens (tertiary/aromatic N) is 1. The van der Waals surface area contributed by atoms with Crippen LogP contribution < -0.4 is 0 Å². The molecule has 0 rings (SSSR count). The lowest BCUT2D eigenvalue weighted by Crippen LogP contribution is -1.91. The van der Waals surface area contributed by atoms with Gasteiger partial charge in [0.25, 0.3) is 5.91 Å². The molecule has 0 fully saturated rings. The van der Waals surface area contributed by atoms with Crippen molar-refractivity contribution in [3.8, 4) is 0 Å². The first-order valence-electron chi connectivity index (χ1n) is 8.42. The molecule has 0 spiro atoms. The van der Waals surface area contributed by atoms with Crippen molar-refractivity contribution in [3.05, 3.63) is 0 Å². The molecule has 0 N–H and O–H groups in total. The summed E-state index contributed by atoms with van der Waals surface area (Å²) < 4.78 is 0. The van der Waals surface area contributed by atoms with Gasteiger partial charge in [0, 0.05) is 6.42 Å². The molecule has 20 heavy (non-hydrogen) atoms. The molecule has 0 unspecified atom stereocenters. The summed E-state index contributed by atoms with van der Waals surface area (Å²) in [7, 11) is 0. The third kappa shape index (κ3) is 15.5.